The lowest BCUT2D eigenvalue weighted by Crippen LogP contribution is -2.38. The minimum atomic E-state index is -4.46. The number of hydrogen-bond donors (Lipinski definition) is 0. The molecule has 6 rings (SSSR count). The van der Waals surface area contributed by atoms with Gasteiger partial charge < -0.3 is 14.0 Å². The largest absolute Gasteiger partial charge is 0.748 e. The molecule has 8 nitrogen and oxygen atoms in total. The number of aromatic nitrogens is 1. The van der Waals surface area contributed by atoms with Gasteiger partial charge in [0, 0.05) is 29.2 Å². The van der Waals surface area contributed by atoms with Crippen LogP contribution in [-0.4, -0.2) is 43.0 Å². The normalized spacial score (nSPS) is 15.7. The highest BCUT2D eigenvalue weighted by molar-refractivity contribution is 8.04. The number of thiazole rings is 1. The van der Waals surface area contributed by atoms with Crippen LogP contribution in [0.2, 0.25) is 0 Å². The average Bonchev–Trinajstić information content (AvgIpc) is 3.58. The molecule has 0 N–H and O–H groups in total. The Balaban J connectivity index is 1.45. The van der Waals surface area contributed by atoms with Gasteiger partial charge in [-0.25, -0.2) is 16.8 Å². The van der Waals surface area contributed by atoms with E-state index in [4.69, 9.17) is 0 Å². The van der Waals surface area contributed by atoms with Crippen LogP contribution in [0.15, 0.2) is 107 Å². The zero-order chi connectivity index (χ0) is 33.3. The van der Waals surface area contributed by atoms with Crippen LogP contribution in [0.25, 0.3) is 38.5 Å². The maximum absolute atomic E-state index is 11.8. The lowest BCUT2D eigenvalue weighted by Gasteiger charge is -2.24. The highest BCUT2D eigenvalue weighted by Crippen LogP contribution is 2.48. The smallest absolute Gasteiger partial charge is 0.265 e. The molecule has 1 aliphatic heterocycles. The van der Waals surface area contributed by atoms with Crippen LogP contribution >= 0.6 is 23.1 Å². The van der Waals surface area contributed by atoms with Gasteiger partial charge in [-0.05, 0) is 60.7 Å². The molecule has 0 spiro atoms. The number of benzene rings is 4. The number of thioether (sulfide) groups is 1. The number of aryl methyl sites for hydroxylation is 1. The molecule has 12 heteroatoms. The fourth-order valence-electron chi connectivity index (χ4n) is 5.51. The fraction of sp³-hybridized carbons (Fsp3) is 0.229. The van der Waals surface area contributed by atoms with E-state index in [9.17, 15) is 25.9 Å². The Hall–Kier alpha value is -3.52. The SMILES string of the molecule is CC(CCN1C(=Cc2sc3ccc(-c4ccccc4)cc3[n+]2CCC(C)S(=O)(=O)[O-])Sc2ccc(-c3ccccc3)cc21)S(=O)(=O)[O-]. The van der Waals surface area contributed by atoms with Crippen molar-refractivity contribution in [1.29, 1.82) is 0 Å². The van der Waals surface area contributed by atoms with E-state index in [1.807, 2.05) is 66.7 Å². The Morgan fingerprint density at radius 3 is 1.94 bits per heavy atom. The molecule has 2 heterocycles. The lowest BCUT2D eigenvalue weighted by molar-refractivity contribution is -0.669. The van der Waals surface area contributed by atoms with Gasteiger partial charge in [-0.3, -0.25) is 0 Å². The molecule has 2 atom stereocenters. The van der Waals surface area contributed by atoms with E-state index in [1.165, 1.54) is 13.8 Å². The van der Waals surface area contributed by atoms with Crippen LogP contribution in [0.5, 0.6) is 0 Å². The van der Waals surface area contributed by atoms with Crippen molar-refractivity contribution in [2.75, 3.05) is 11.4 Å². The molecule has 0 amide bonds. The first-order chi connectivity index (χ1) is 22.4. The van der Waals surface area contributed by atoms with E-state index in [2.05, 4.69) is 45.9 Å². The van der Waals surface area contributed by atoms with Gasteiger partial charge in [0.05, 0.1) is 42.3 Å². The highest BCUT2D eigenvalue weighted by Gasteiger charge is 2.30. The molecule has 5 aromatic rings. The van der Waals surface area contributed by atoms with Gasteiger partial charge in [-0.15, -0.1) is 0 Å². The second-order valence-corrected chi connectivity index (χ2v) is 17.3. The Kier molecular flexibility index (Phi) is 9.62. The summed E-state index contributed by atoms with van der Waals surface area (Å²) >= 11 is 3.11. The van der Waals surface area contributed by atoms with Gasteiger partial charge >= 0.3 is 0 Å². The molecule has 4 aromatic carbocycles. The van der Waals surface area contributed by atoms with E-state index in [0.717, 1.165) is 53.1 Å². The molecular formula is C35H33N2O6S4-. The van der Waals surface area contributed by atoms with Gasteiger partial charge in [0.15, 0.2) is 6.54 Å². The van der Waals surface area contributed by atoms with Crippen molar-refractivity contribution in [2.24, 2.45) is 0 Å². The third-order valence-corrected chi connectivity index (χ3v) is 13.1. The van der Waals surface area contributed by atoms with E-state index < -0.39 is 30.7 Å². The molecule has 0 fully saturated rings. The van der Waals surface area contributed by atoms with Crippen molar-refractivity contribution >= 4 is 65.3 Å². The quantitative estimate of drug-likeness (QED) is 0.106. The number of hydrogen-bond acceptors (Lipinski definition) is 9. The number of rotatable bonds is 11. The maximum atomic E-state index is 11.8. The minimum absolute atomic E-state index is 0.143. The molecule has 0 radical (unpaired) electrons. The van der Waals surface area contributed by atoms with Crippen LogP contribution in [0.1, 0.15) is 31.7 Å². The summed E-state index contributed by atoms with van der Waals surface area (Å²) in [7, 11) is -8.92. The molecule has 0 aliphatic carbocycles. The third kappa shape index (κ3) is 7.48. The number of fused-ring (bicyclic) bond motifs is 2. The zero-order valence-electron chi connectivity index (χ0n) is 25.8. The van der Waals surface area contributed by atoms with Crippen molar-refractivity contribution in [3.05, 3.63) is 107 Å². The molecular weight excluding hydrogens is 673 g/mol. The molecule has 0 bridgehead atoms. The predicted octanol–water partition coefficient (Wildman–Crippen LogP) is 7.08. The molecule has 244 valence electrons. The zero-order valence-corrected chi connectivity index (χ0v) is 29.0. The van der Waals surface area contributed by atoms with Crippen molar-refractivity contribution < 1.29 is 30.5 Å². The second-order valence-electron chi connectivity index (χ2n) is 11.6. The van der Waals surface area contributed by atoms with Crippen LogP contribution < -0.4 is 9.47 Å². The molecule has 47 heavy (non-hydrogen) atoms. The van der Waals surface area contributed by atoms with Gasteiger partial charge in [-0.1, -0.05) is 95.9 Å². The Labute approximate surface area is 283 Å². The van der Waals surface area contributed by atoms with Crippen LogP contribution in [0.4, 0.5) is 5.69 Å². The first kappa shape index (κ1) is 33.4. The topological polar surface area (TPSA) is 122 Å². The number of anilines is 1. The summed E-state index contributed by atoms with van der Waals surface area (Å²) in [5.74, 6) is 0. The van der Waals surface area contributed by atoms with Crippen molar-refractivity contribution in [2.45, 2.75) is 48.6 Å². The van der Waals surface area contributed by atoms with Crippen LogP contribution in [0.3, 0.4) is 0 Å². The molecule has 1 aromatic heterocycles. The van der Waals surface area contributed by atoms with Gasteiger partial charge in [0.1, 0.15) is 4.70 Å². The van der Waals surface area contributed by atoms with E-state index >= 15 is 0 Å². The maximum Gasteiger partial charge on any atom is 0.265 e. The summed E-state index contributed by atoms with van der Waals surface area (Å²) < 4.78 is 73.9. The van der Waals surface area contributed by atoms with Crippen LogP contribution in [0, 0.1) is 0 Å². The van der Waals surface area contributed by atoms with Crippen molar-refractivity contribution in [3.63, 3.8) is 0 Å². The average molecular weight is 706 g/mol. The van der Waals surface area contributed by atoms with Gasteiger partial charge in [0.2, 0.25) is 5.52 Å². The molecule has 2 unspecified atom stereocenters. The molecule has 1 aliphatic rings. The van der Waals surface area contributed by atoms with Crippen molar-refractivity contribution in [1.82, 2.24) is 0 Å². The van der Waals surface area contributed by atoms with Crippen LogP contribution in [-0.2, 0) is 26.8 Å². The summed E-state index contributed by atoms with van der Waals surface area (Å²) in [6, 6.07) is 32.3. The Morgan fingerprint density at radius 1 is 0.745 bits per heavy atom. The van der Waals surface area contributed by atoms with E-state index in [1.54, 1.807) is 23.1 Å². The Morgan fingerprint density at radius 2 is 1.32 bits per heavy atom. The fourth-order valence-corrected chi connectivity index (χ4v) is 8.59. The van der Waals surface area contributed by atoms with Gasteiger partial charge in [0.25, 0.3) is 5.01 Å². The summed E-state index contributed by atoms with van der Waals surface area (Å²) in [5.41, 5.74) is 5.96. The van der Waals surface area contributed by atoms with E-state index in [-0.39, 0.29) is 12.8 Å². The number of nitrogens with zero attached hydrogens (tertiary/aromatic N) is 2. The lowest BCUT2D eigenvalue weighted by atomic mass is 10.0. The standard InChI is InChI=1S/C35H34N2O6S4/c1-24(46(38,39)40)17-19-36-30-21-28(26-9-5-3-6-10-26)13-15-32(30)44-34(36)23-35-37(20-18-25(2)47(41,42)43)31-22-29(14-16-33(31)45-35)27-11-7-4-8-12-27/h3-16,21-25H,17-20H2,1-2H3,(H-,38,39,40,41,42,43)/p-1. The van der Waals surface area contributed by atoms with E-state index in [0.29, 0.717) is 13.1 Å². The molecule has 0 saturated heterocycles. The Bertz CT molecular complexity index is 2170. The summed E-state index contributed by atoms with van der Waals surface area (Å²) in [5, 5.41) is -0.407. The van der Waals surface area contributed by atoms with Gasteiger partial charge in [-0.2, -0.15) is 4.57 Å². The summed E-state index contributed by atoms with van der Waals surface area (Å²) in [4.78, 5) is 3.06. The second kappa shape index (κ2) is 13.5. The monoisotopic (exact) mass is 705 g/mol. The summed E-state index contributed by atoms with van der Waals surface area (Å²) in [6.45, 7) is 3.49. The predicted molar refractivity (Wildman–Crippen MR) is 188 cm³/mol. The molecule has 0 saturated carbocycles. The highest BCUT2D eigenvalue weighted by atomic mass is 32.2. The summed E-state index contributed by atoms with van der Waals surface area (Å²) in [6.07, 6.45) is 2.32. The van der Waals surface area contributed by atoms with Crippen molar-refractivity contribution in [3.8, 4) is 22.3 Å². The first-order valence-corrected chi connectivity index (χ1v) is 19.7. The minimum Gasteiger partial charge on any atom is -0.748 e. The third-order valence-electron chi connectivity index (χ3n) is 8.43. The first-order valence-electron chi connectivity index (χ1n) is 15.2.